The van der Waals surface area contributed by atoms with E-state index in [0.717, 1.165) is 10.2 Å². The average molecular weight is 309 g/mol. The summed E-state index contributed by atoms with van der Waals surface area (Å²) >= 11 is 3.52. The maximum atomic E-state index is 5.74. The normalized spacial score (nSPS) is 12.7. The summed E-state index contributed by atoms with van der Waals surface area (Å²) in [4.78, 5) is 0. The van der Waals surface area contributed by atoms with Gasteiger partial charge in [0.1, 0.15) is 0 Å². The van der Waals surface area contributed by atoms with E-state index in [-0.39, 0.29) is 6.04 Å². The molecule has 1 unspecified atom stereocenters. The van der Waals surface area contributed by atoms with Gasteiger partial charge in [-0.25, -0.2) is 5.43 Å². The number of aromatic nitrogens is 2. The fourth-order valence-corrected chi connectivity index (χ4v) is 2.72. The lowest BCUT2D eigenvalue weighted by Crippen LogP contribution is -2.31. The third-order valence-electron chi connectivity index (χ3n) is 3.34. The van der Waals surface area contributed by atoms with E-state index in [2.05, 4.69) is 52.4 Å². The number of hydrogen-bond donors (Lipinski definition) is 2. The monoisotopic (exact) mass is 308 g/mol. The minimum absolute atomic E-state index is 0.0771. The largest absolute Gasteiger partial charge is 0.271 e. The molecule has 5 heteroatoms. The van der Waals surface area contributed by atoms with Crippen LogP contribution in [0.1, 0.15) is 28.4 Å². The lowest BCUT2D eigenvalue weighted by atomic mass is 9.96. The number of hydrazine groups is 1. The van der Waals surface area contributed by atoms with Crippen LogP contribution >= 0.6 is 15.9 Å². The van der Waals surface area contributed by atoms with Crippen molar-refractivity contribution in [2.45, 2.75) is 19.9 Å². The van der Waals surface area contributed by atoms with E-state index >= 15 is 0 Å². The Hall–Kier alpha value is -1.17. The highest BCUT2D eigenvalue weighted by Gasteiger charge is 2.21. The van der Waals surface area contributed by atoms with Gasteiger partial charge in [0.05, 0.1) is 22.4 Å². The van der Waals surface area contributed by atoms with Gasteiger partial charge in [-0.05, 0) is 46.5 Å². The minimum atomic E-state index is -0.0771. The topological polar surface area (TPSA) is 55.9 Å². The molecule has 2 rings (SSSR count). The highest BCUT2D eigenvalue weighted by atomic mass is 79.9. The number of benzene rings is 1. The maximum absolute atomic E-state index is 5.74. The van der Waals surface area contributed by atoms with Crippen molar-refractivity contribution in [1.82, 2.24) is 15.2 Å². The van der Waals surface area contributed by atoms with E-state index < -0.39 is 0 Å². The van der Waals surface area contributed by atoms with Gasteiger partial charge in [0.15, 0.2) is 0 Å². The Morgan fingerprint density at radius 2 is 2.11 bits per heavy atom. The second-order valence-electron chi connectivity index (χ2n) is 4.39. The Morgan fingerprint density at radius 3 is 2.67 bits per heavy atom. The molecule has 0 aliphatic carbocycles. The predicted molar refractivity (Wildman–Crippen MR) is 76.0 cm³/mol. The first-order chi connectivity index (χ1) is 8.56. The maximum Gasteiger partial charge on any atom is 0.0892 e. The molecule has 1 atom stereocenters. The Labute approximate surface area is 115 Å². The van der Waals surface area contributed by atoms with Gasteiger partial charge in [-0.1, -0.05) is 18.2 Å². The number of aryl methyl sites for hydroxylation is 2. The molecular weight excluding hydrogens is 292 g/mol. The van der Waals surface area contributed by atoms with Crippen molar-refractivity contribution in [2.75, 3.05) is 0 Å². The zero-order valence-electron chi connectivity index (χ0n) is 10.7. The van der Waals surface area contributed by atoms with Crippen molar-refractivity contribution in [3.8, 4) is 0 Å². The van der Waals surface area contributed by atoms with Crippen LogP contribution in [0.15, 0.2) is 28.9 Å². The number of hydrogen-bond acceptors (Lipinski definition) is 3. The molecule has 1 aromatic heterocycles. The lowest BCUT2D eigenvalue weighted by Gasteiger charge is -2.20. The average Bonchev–Trinajstić information content (AvgIpc) is 2.67. The lowest BCUT2D eigenvalue weighted by molar-refractivity contribution is 0.570. The summed E-state index contributed by atoms with van der Waals surface area (Å²) in [7, 11) is 1.91. The predicted octanol–water partition coefficient (Wildman–Crippen LogP) is 2.35. The molecule has 96 valence electrons. The van der Waals surface area contributed by atoms with E-state index in [0.29, 0.717) is 0 Å². The molecule has 0 aliphatic rings. The molecule has 0 saturated heterocycles. The molecule has 18 heavy (non-hydrogen) atoms. The number of nitrogens with zero attached hydrogens (tertiary/aromatic N) is 2. The van der Waals surface area contributed by atoms with Crippen LogP contribution in [0.25, 0.3) is 0 Å². The minimum Gasteiger partial charge on any atom is -0.271 e. The second-order valence-corrected chi connectivity index (χ2v) is 5.24. The molecule has 0 amide bonds. The van der Waals surface area contributed by atoms with E-state index in [1.54, 1.807) is 6.20 Å². The molecule has 2 aromatic rings. The summed E-state index contributed by atoms with van der Waals surface area (Å²) < 4.78 is 2.78. The van der Waals surface area contributed by atoms with Gasteiger partial charge >= 0.3 is 0 Å². The summed E-state index contributed by atoms with van der Waals surface area (Å²) in [5.74, 6) is 5.74. The zero-order chi connectivity index (χ0) is 13.3. The summed E-state index contributed by atoms with van der Waals surface area (Å²) in [6, 6.07) is 6.16. The molecule has 4 nitrogen and oxygen atoms in total. The molecular formula is C13H17BrN4. The van der Waals surface area contributed by atoms with Gasteiger partial charge in [0.25, 0.3) is 0 Å². The second kappa shape index (κ2) is 5.22. The highest BCUT2D eigenvalue weighted by molar-refractivity contribution is 9.10. The van der Waals surface area contributed by atoms with Gasteiger partial charge in [-0.3, -0.25) is 10.5 Å². The Morgan fingerprint density at radius 1 is 1.39 bits per heavy atom. The quantitative estimate of drug-likeness (QED) is 0.676. The number of halogens is 1. The molecule has 0 spiro atoms. The zero-order valence-corrected chi connectivity index (χ0v) is 12.3. The van der Waals surface area contributed by atoms with Gasteiger partial charge in [-0.2, -0.15) is 5.10 Å². The van der Waals surface area contributed by atoms with Crippen molar-refractivity contribution in [2.24, 2.45) is 12.9 Å². The van der Waals surface area contributed by atoms with Crippen molar-refractivity contribution in [3.63, 3.8) is 0 Å². The van der Waals surface area contributed by atoms with Gasteiger partial charge in [0, 0.05) is 7.05 Å². The SMILES string of the molecule is Cc1cccc(C(NN)c2c(Br)cnn2C)c1C. The van der Waals surface area contributed by atoms with Crippen LogP contribution in [-0.2, 0) is 7.05 Å². The van der Waals surface area contributed by atoms with Crippen LogP contribution in [-0.4, -0.2) is 9.78 Å². The molecule has 1 heterocycles. The molecule has 0 fully saturated rings. The van der Waals surface area contributed by atoms with Crippen LogP contribution in [0, 0.1) is 13.8 Å². The van der Waals surface area contributed by atoms with E-state index in [1.807, 2.05) is 17.8 Å². The Bertz CT molecular complexity index is 543. The van der Waals surface area contributed by atoms with Gasteiger partial charge in [0.2, 0.25) is 0 Å². The fourth-order valence-electron chi connectivity index (χ4n) is 2.15. The Balaban J connectivity index is 2.56. The standard InChI is InChI=1S/C13H17BrN4/c1-8-5-4-6-10(9(8)2)12(17-15)13-11(14)7-16-18(13)3/h4-7,12,17H,15H2,1-3H3. The summed E-state index contributed by atoms with van der Waals surface area (Å²) in [5.41, 5.74) is 7.57. The molecule has 3 N–H and O–H groups in total. The third kappa shape index (κ3) is 2.21. The van der Waals surface area contributed by atoms with Crippen LogP contribution in [0.5, 0.6) is 0 Å². The molecule has 0 aliphatic heterocycles. The first kappa shape index (κ1) is 13.3. The van der Waals surface area contributed by atoms with Crippen LogP contribution in [0.2, 0.25) is 0 Å². The Kier molecular flexibility index (Phi) is 3.85. The molecule has 0 bridgehead atoms. The molecule has 1 aromatic carbocycles. The van der Waals surface area contributed by atoms with Gasteiger partial charge in [-0.15, -0.1) is 0 Å². The van der Waals surface area contributed by atoms with Crippen molar-refractivity contribution >= 4 is 15.9 Å². The van der Waals surface area contributed by atoms with Crippen molar-refractivity contribution < 1.29 is 0 Å². The highest BCUT2D eigenvalue weighted by Crippen LogP contribution is 2.30. The van der Waals surface area contributed by atoms with E-state index in [1.165, 1.54) is 16.7 Å². The summed E-state index contributed by atoms with van der Waals surface area (Å²) in [6.45, 7) is 4.21. The van der Waals surface area contributed by atoms with E-state index in [9.17, 15) is 0 Å². The van der Waals surface area contributed by atoms with Crippen LogP contribution in [0.3, 0.4) is 0 Å². The number of nitrogens with two attached hydrogens (primary N) is 1. The summed E-state index contributed by atoms with van der Waals surface area (Å²) in [5, 5.41) is 4.24. The fraction of sp³-hybridized carbons (Fsp3) is 0.308. The first-order valence-corrected chi connectivity index (χ1v) is 6.55. The first-order valence-electron chi connectivity index (χ1n) is 5.76. The van der Waals surface area contributed by atoms with Crippen LogP contribution < -0.4 is 11.3 Å². The number of nitrogens with one attached hydrogen (secondary N) is 1. The third-order valence-corrected chi connectivity index (χ3v) is 3.95. The van der Waals surface area contributed by atoms with Gasteiger partial charge < -0.3 is 0 Å². The van der Waals surface area contributed by atoms with Crippen molar-refractivity contribution in [1.29, 1.82) is 0 Å². The molecule has 0 saturated carbocycles. The molecule has 0 radical (unpaired) electrons. The smallest absolute Gasteiger partial charge is 0.0892 e. The summed E-state index contributed by atoms with van der Waals surface area (Å²) in [6.07, 6.45) is 1.78. The van der Waals surface area contributed by atoms with E-state index in [4.69, 9.17) is 5.84 Å². The van der Waals surface area contributed by atoms with Crippen molar-refractivity contribution in [3.05, 3.63) is 51.3 Å². The van der Waals surface area contributed by atoms with Crippen LogP contribution in [0.4, 0.5) is 0 Å². The number of rotatable bonds is 3.